The van der Waals surface area contributed by atoms with E-state index in [1.807, 2.05) is 36.4 Å². The molecule has 2 heterocycles. The minimum absolute atomic E-state index is 0. The fraction of sp³-hybridized carbons (Fsp3) is 0.263. The number of aliphatic imine (C=N–C) groups is 1. The van der Waals surface area contributed by atoms with Gasteiger partial charge in [-0.25, -0.2) is 4.98 Å². The molecule has 2 aromatic carbocycles. The standard InChI is InChI=1S/C19H21N5O2S.HI/c20-18(23-13-6-7-15-16(12-13)26-11-3-10-25-15)21-8-9-22-19-24-14-4-1-2-5-17(14)27-19;/h1-2,4-7,12H,3,8-11H2,(H,22,24)(H3,20,21,23);1H. The maximum Gasteiger partial charge on any atom is 0.193 e. The molecule has 148 valence electrons. The van der Waals surface area contributed by atoms with Crippen LogP contribution in [0.2, 0.25) is 0 Å². The van der Waals surface area contributed by atoms with Crippen molar-refractivity contribution in [1.82, 2.24) is 4.98 Å². The Morgan fingerprint density at radius 1 is 1.14 bits per heavy atom. The molecule has 0 spiro atoms. The SMILES string of the molecule is I.NC(=NCCNc1nc2ccccc2s1)Nc1ccc2c(c1)OCCCO2. The van der Waals surface area contributed by atoms with Gasteiger partial charge in [0.15, 0.2) is 22.6 Å². The minimum Gasteiger partial charge on any atom is -0.490 e. The van der Waals surface area contributed by atoms with E-state index >= 15 is 0 Å². The number of ether oxygens (including phenoxy) is 2. The molecule has 7 nitrogen and oxygen atoms in total. The van der Waals surface area contributed by atoms with Crippen molar-refractivity contribution < 1.29 is 9.47 Å². The molecule has 1 aliphatic rings. The van der Waals surface area contributed by atoms with Crippen LogP contribution >= 0.6 is 35.3 Å². The molecular formula is C19H22IN5O2S. The molecule has 1 aliphatic heterocycles. The first kappa shape index (κ1) is 20.5. The number of rotatable bonds is 5. The fourth-order valence-electron chi connectivity index (χ4n) is 2.72. The number of thiazole rings is 1. The topological polar surface area (TPSA) is 93.8 Å². The third kappa shape index (κ3) is 5.16. The van der Waals surface area contributed by atoms with Gasteiger partial charge < -0.3 is 25.8 Å². The first-order valence-electron chi connectivity index (χ1n) is 8.84. The van der Waals surface area contributed by atoms with Crippen LogP contribution in [0.1, 0.15) is 6.42 Å². The van der Waals surface area contributed by atoms with Crippen LogP contribution in [0.15, 0.2) is 47.5 Å². The van der Waals surface area contributed by atoms with Crippen LogP contribution in [0.25, 0.3) is 10.2 Å². The first-order chi connectivity index (χ1) is 13.3. The summed E-state index contributed by atoms with van der Waals surface area (Å²) in [5.74, 6) is 1.84. The highest BCUT2D eigenvalue weighted by atomic mass is 127. The normalized spacial score (nSPS) is 13.5. The fourth-order valence-corrected chi connectivity index (χ4v) is 3.61. The lowest BCUT2D eigenvalue weighted by Crippen LogP contribution is -2.23. The van der Waals surface area contributed by atoms with E-state index in [4.69, 9.17) is 15.2 Å². The molecule has 0 amide bonds. The molecule has 4 N–H and O–H groups in total. The van der Waals surface area contributed by atoms with E-state index in [9.17, 15) is 0 Å². The predicted molar refractivity (Wildman–Crippen MR) is 126 cm³/mol. The van der Waals surface area contributed by atoms with Crippen LogP contribution in [0.4, 0.5) is 10.8 Å². The molecule has 0 bridgehead atoms. The van der Waals surface area contributed by atoms with Crippen molar-refractivity contribution in [3.63, 3.8) is 0 Å². The summed E-state index contributed by atoms with van der Waals surface area (Å²) in [4.78, 5) is 8.88. The largest absolute Gasteiger partial charge is 0.490 e. The van der Waals surface area contributed by atoms with Crippen LogP contribution in [0, 0.1) is 0 Å². The van der Waals surface area contributed by atoms with E-state index in [1.54, 1.807) is 11.3 Å². The Bertz CT molecular complexity index is 929. The van der Waals surface area contributed by atoms with E-state index in [2.05, 4.69) is 26.7 Å². The Hall–Kier alpha value is -2.27. The predicted octanol–water partition coefficient (Wildman–Crippen LogP) is 3.91. The van der Waals surface area contributed by atoms with E-state index < -0.39 is 0 Å². The third-order valence-corrected chi connectivity index (χ3v) is 4.98. The van der Waals surface area contributed by atoms with Crippen LogP contribution in [0.5, 0.6) is 11.5 Å². The highest BCUT2D eigenvalue weighted by Gasteiger charge is 2.10. The lowest BCUT2D eigenvalue weighted by Gasteiger charge is -2.10. The summed E-state index contributed by atoms with van der Waals surface area (Å²) >= 11 is 1.63. The van der Waals surface area contributed by atoms with Gasteiger partial charge in [-0.3, -0.25) is 4.99 Å². The second-order valence-corrected chi connectivity index (χ2v) is 7.05. The van der Waals surface area contributed by atoms with Crippen LogP contribution in [-0.2, 0) is 0 Å². The highest BCUT2D eigenvalue weighted by molar-refractivity contribution is 14.0. The molecule has 3 aromatic rings. The zero-order valence-corrected chi connectivity index (χ0v) is 18.3. The Labute approximate surface area is 184 Å². The van der Waals surface area contributed by atoms with E-state index in [0.717, 1.165) is 34.3 Å². The molecule has 28 heavy (non-hydrogen) atoms. The Morgan fingerprint density at radius 3 is 2.82 bits per heavy atom. The highest BCUT2D eigenvalue weighted by Crippen LogP contribution is 2.32. The number of guanidine groups is 1. The average molecular weight is 511 g/mol. The molecule has 0 saturated heterocycles. The molecule has 0 unspecified atom stereocenters. The smallest absolute Gasteiger partial charge is 0.193 e. The van der Waals surface area contributed by atoms with E-state index in [1.165, 1.54) is 4.70 Å². The van der Waals surface area contributed by atoms with Gasteiger partial charge in [0.05, 0.1) is 30.0 Å². The molecule has 0 atom stereocenters. The number of benzene rings is 2. The van der Waals surface area contributed by atoms with Crippen LogP contribution < -0.4 is 25.8 Å². The van der Waals surface area contributed by atoms with Gasteiger partial charge >= 0.3 is 0 Å². The maximum atomic E-state index is 5.98. The number of hydrogen-bond donors (Lipinski definition) is 3. The molecule has 0 saturated carbocycles. The molecule has 9 heteroatoms. The summed E-state index contributed by atoms with van der Waals surface area (Å²) in [7, 11) is 0. The Kier molecular flexibility index (Phi) is 7.15. The number of nitrogens with two attached hydrogens (primary N) is 1. The van der Waals surface area contributed by atoms with E-state index in [-0.39, 0.29) is 24.0 Å². The summed E-state index contributed by atoms with van der Waals surface area (Å²) in [6, 6.07) is 13.7. The number of nitrogens with zero attached hydrogens (tertiary/aromatic N) is 2. The molecule has 0 fully saturated rings. The molecule has 1 aromatic heterocycles. The molecular weight excluding hydrogens is 489 g/mol. The third-order valence-electron chi connectivity index (χ3n) is 3.98. The van der Waals surface area contributed by atoms with Gasteiger partial charge in [0.2, 0.25) is 0 Å². The summed E-state index contributed by atoms with van der Waals surface area (Å²) < 4.78 is 12.5. The Balaban J connectivity index is 0.00000225. The average Bonchev–Trinajstić information content (AvgIpc) is 2.95. The summed E-state index contributed by atoms with van der Waals surface area (Å²) in [5.41, 5.74) is 7.80. The quantitative estimate of drug-likeness (QED) is 0.208. The number of halogens is 1. The molecule has 4 rings (SSSR count). The van der Waals surface area contributed by atoms with Gasteiger partial charge in [0.1, 0.15) is 0 Å². The number of aromatic nitrogens is 1. The van der Waals surface area contributed by atoms with Crippen molar-refractivity contribution in [2.75, 3.05) is 36.9 Å². The van der Waals surface area contributed by atoms with Crippen molar-refractivity contribution in [2.24, 2.45) is 10.7 Å². The van der Waals surface area contributed by atoms with Crippen molar-refractivity contribution >= 4 is 62.3 Å². The maximum absolute atomic E-state index is 5.98. The number of nitrogens with one attached hydrogen (secondary N) is 2. The number of anilines is 2. The molecule has 0 aliphatic carbocycles. The second-order valence-electron chi connectivity index (χ2n) is 6.02. The Morgan fingerprint density at radius 2 is 1.96 bits per heavy atom. The summed E-state index contributed by atoms with van der Waals surface area (Å²) in [6.07, 6.45) is 0.878. The van der Waals surface area contributed by atoms with Crippen molar-refractivity contribution in [2.45, 2.75) is 6.42 Å². The number of fused-ring (bicyclic) bond motifs is 2. The lowest BCUT2D eigenvalue weighted by molar-refractivity contribution is 0.297. The summed E-state index contributed by atoms with van der Waals surface area (Å²) in [6.45, 7) is 2.52. The van der Waals surface area contributed by atoms with Crippen molar-refractivity contribution in [3.8, 4) is 11.5 Å². The van der Waals surface area contributed by atoms with Gasteiger partial charge in [-0.2, -0.15) is 0 Å². The van der Waals surface area contributed by atoms with Gasteiger partial charge in [0.25, 0.3) is 0 Å². The van der Waals surface area contributed by atoms with Crippen LogP contribution in [-0.4, -0.2) is 37.2 Å². The first-order valence-corrected chi connectivity index (χ1v) is 9.66. The minimum atomic E-state index is 0. The van der Waals surface area contributed by atoms with Crippen molar-refractivity contribution in [3.05, 3.63) is 42.5 Å². The number of hydrogen-bond acceptors (Lipinski definition) is 6. The zero-order chi connectivity index (χ0) is 18.5. The molecule has 0 radical (unpaired) electrons. The van der Waals surface area contributed by atoms with Crippen molar-refractivity contribution in [1.29, 1.82) is 0 Å². The van der Waals surface area contributed by atoms with Gasteiger partial charge in [-0.15, -0.1) is 24.0 Å². The zero-order valence-electron chi connectivity index (χ0n) is 15.2. The van der Waals surface area contributed by atoms with E-state index in [0.29, 0.717) is 32.3 Å². The lowest BCUT2D eigenvalue weighted by atomic mass is 10.3. The van der Waals surface area contributed by atoms with Crippen LogP contribution in [0.3, 0.4) is 0 Å². The summed E-state index contributed by atoms with van der Waals surface area (Å²) in [5, 5.41) is 7.26. The van der Waals surface area contributed by atoms with Gasteiger partial charge in [0, 0.05) is 24.7 Å². The monoisotopic (exact) mass is 511 g/mol. The number of para-hydroxylation sites is 1. The second kappa shape index (κ2) is 9.78. The van der Waals surface area contributed by atoms with Gasteiger partial charge in [-0.05, 0) is 24.3 Å². The van der Waals surface area contributed by atoms with Gasteiger partial charge in [-0.1, -0.05) is 23.5 Å².